The third-order valence-corrected chi connectivity index (χ3v) is 5.04. The minimum atomic E-state index is -2.90. The monoisotopic (exact) mass is 451 g/mol. The molecule has 2 aromatic heterocycles. The summed E-state index contributed by atoms with van der Waals surface area (Å²) in [6, 6.07) is 14.9. The third kappa shape index (κ3) is 4.72. The maximum Gasteiger partial charge on any atom is 0.387 e. The van der Waals surface area contributed by atoms with Crippen LogP contribution in [-0.4, -0.2) is 39.5 Å². The van der Waals surface area contributed by atoms with Crippen LogP contribution in [0.15, 0.2) is 60.8 Å². The van der Waals surface area contributed by atoms with Crippen molar-refractivity contribution in [3.8, 4) is 11.4 Å². The van der Waals surface area contributed by atoms with Gasteiger partial charge in [0.1, 0.15) is 5.75 Å². The minimum Gasteiger partial charge on any atom is -0.453 e. The Labute approximate surface area is 187 Å². The van der Waals surface area contributed by atoms with Crippen LogP contribution in [0.2, 0.25) is 0 Å². The molecule has 7 nitrogen and oxygen atoms in total. The van der Waals surface area contributed by atoms with Gasteiger partial charge in [-0.3, -0.25) is 9.78 Å². The zero-order valence-electron chi connectivity index (χ0n) is 17.8. The number of aryl methyl sites for hydroxylation is 1. The second-order valence-corrected chi connectivity index (χ2v) is 7.24. The molecule has 0 atom stereocenters. The number of Topliss-reactive ketones (excluding diaryl/α,β-unsaturated/α-hetero) is 1. The van der Waals surface area contributed by atoms with Gasteiger partial charge < -0.3 is 14.0 Å². The van der Waals surface area contributed by atoms with Crippen molar-refractivity contribution in [2.75, 3.05) is 6.61 Å². The van der Waals surface area contributed by atoms with Gasteiger partial charge in [-0.15, -0.1) is 0 Å². The summed E-state index contributed by atoms with van der Waals surface area (Å²) in [5, 5.41) is 0. The molecule has 0 unspecified atom stereocenters. The van der Waals surface area contributed by atoms with Crippen molar-refractivity contribution in [3.05, 3.63) is 83.4 Å². The molecule has 0 bridgehead atoms. The molecule has 0 amide bonds. The second-order valence-electron chi connectivity index (χ2n) is 7.24. The largest absolute Gasteiger partial charge is 0.453 e. The van der Waals surface area contributed by atoms with Crippen molar-refractivity contribution >= 4 is 22.8 Å². The summed E-state index contributed by atoms with van der Waals surface area (Å²) in [4.78, 5) is 33.5. The number of ketones is 1. The second kappa shape index (κ2) is 9.15. The van der Waals surface area contributed by atoms with Gasteiger partial charge in [-0.05, 0) is 56.3 Å². The highest BCUT2D eigenvalue weighted by molar-refractivity contribution is 6.00. The van der Waals surface area contributed by atoms with Crippen LogP contribution in [0.5, 0.6) is 5.75 Å². The van der Waals surface area contributed by atoms with E-state index >= 15 is 0 Å². The van der Waals surface area contributed by atoms with E-state index in [1.807, 2.05) is 13.0 Å². The summed E-state index contributed by atoms with van der Waals surface area (Å²) >= 11 is 0. The van der Waals surface area contributed by atoms with Gasteiger partial charge in [-0.2, -0.15) is 8.78 Å². The molecule has 0 spiro atoms. The van der Waals surface area contributed by atoms with Gasteiger partial charge in [-0.25, -0.2) is 9.78 Å². The lowest BCUT2D eigenvalue weighted by Gasteiger charge is -2.11. The Morgan fingerprint density at radius 3 is 2.42 bits per heavy atom. The highest BCUT2D eigenvalue weighted by atomic mass is 19.3. The minimum absolute atomic E-state index is 0.0121. The summed E-state index contributed by atoms with van der Waals surface area (Å²) in [7, 11) is 0. The van der Waals surface area contributed by atoms with Crippen molar-refractivity contribution in [2.24, 2.45) is 0 Å². The zero-order chi connectivity index (χ0) is 23.5. The number of rotatable bonds is 7. The maximum atomic E-state index is 12.8. The van der Waals surface area contributed by atoms with Gasteiger partial charge in [0.05, 0.1) is 17.2 Å². The van der Waals surface area contributed by atoms with E-state index in [0.717, 1.165) is 5.69 Å². The summed E-state index contributed by atoms with van der Waals surface area (Å²) in [5.74, 6) is -1.09. The molecule has 168 valence electrons. The summed E-state index contributed by atoms with van der Waals surface area (Å²) < 4.78 is 36.1. The number of nitrogens with zero attached hydrogens (tertiary/aromatic N) is 3. The Morgan fingerprint density at radius 1 is 1.03 bits per heavy atom. The van der Waals surface area contributed by atoms with Crippen molar-refractivity contribution < 1.29 is 27.8 Å². The number of ether oxygens (including phenoxy) is 2. The number of alkyl halides is 2. The molecule has 2 aromatic carbocycles. The van der Waals surface area contributed by atoms with E-state index in [9.17, 15) is 18.4 Å². The van der Waals surface area contributed by atoms with Gasteiger partial charge in [0.2, 0.25) is 5.78 Å². The van der Waals surface area contributed by atoms with Crippen molar-refractivity contribution in [2.45, 2.75) is 20.5 Å². The molecule has 0 radical (unpaired) electrons. The number of aromatic nitrogens is 3. The first kappa shape index (κ1) is 22.1. The van der Waals surface area contributed by atoms with E-state index in [4.69, 9.17) is 4.74 Å². The molecular formula is C24H19F2N3O4. The third-order valence-electron chi connectivity index (χ3n) is 5.04. The molecule has 0 aliphatic carbocycles. The fourth-order valence-electron chi connectivity index (χ4n) is 3.56. The van der Waals surface area contributed by atoms with Crippen molar-refractivity contribution in [3.63, 3.8) is 0 Å². The van der Waals surface area contributed by atoms with Crippen LogP contribution in [-0.2, 0) is 4.74 Å². The van der Waals surface area contributed by atoms with Crippen LogP contribution in [0.4, 0.5) is 8.78 Å². The first-order valence-corrected chi connectivity index (χ1v) is 10.00. The molecule has 0 aliphatic heterocycles. The molecule has 0 aliphatic rings. The number of fused-ring (bicyclic) bond motifs is 1. The average molecular weight is 451 g/mol. The Hall–Kier alpha value is -4.14. The summed E-state index contributed by atoms with van der Waals surface area (Å²) in [5.41, 5.74) is 3.65. The van der Waals surface area contributed by atoms with Crippen molar-refractivity contribution in [1.82, 2.24) is 14.5 Å². The molecular weight excluding hydrogens is 432 g/mol. The fraction of sp³-hybridized carbons (Fsp3) is 0.167. The zero-order valence-corrected chi connectivity index (χ0v) is 17.8. The molecule has 0 fully saturated rings. The lowest BCUT2D eigenvalue weighted by molar-refractivity contribution is -0.0498. The van der Waals surface area contributed by atoms with Gasteiger partial charge in [0.25, 0.3) is 0 Å². The first-order valence-electron chi connectivity index (χ1n) is 10.00. The van der Waals surface area contributed by atoms with Crippen LogP contribution >= 0.6 is 0 Å². The number of esters is 1. The Balaban J connectivity index is 1.47. The molecule has 33 heavy (non-hydrogen) atoms. The number of carbonyl (C=O) groups excluding carboxylic acids is 2. The maximum absolute atomic E-state index is 12.8. The molecule has 0 saturated carbocycles. The number of hydrogen-bond donors (Lipinski definition) is 0. The van der Waals surface area contributed by atoms with E-state index in [1.54, 1.807) is 47.9 Å². The van der Waals surface area contributed by atoms with Gasteiger partial charge in [0.15, 0.2) is 12.3 Å². The lowest BCUT2D eigenvalue weighted by atomic mass is 10.1. The van der Waals surface area contributed by atoms with E-state index in [1.165, 1.54) is 18.3 Å². The van der Waals surface area contributed by atoms with Gasteiger partial charge in [-0.1, -0.05) is 12.1 Å². The van der Waals surface area contributed by atoms with Gasteiger partial charge in [0, 0.05) is 22.6 Å². The predicted molar refractivity (Wildman–Crippen MR) is 116 cm³/mol. The first-order chi connectivity index (χ1) is 15.8. The van der Waals surface area contributed by atoms with Crippen LogP contribution in [0.3, 0.4) is 0 Å². The lowest BCUT2D eigenvalue weighted by Crippen LogP contribution is -2.16. The van der Waals surface area contributed by atoms with Crippen LogP contribution < -0.4 is 4.74 Å². The summed E-state index contributed by atoms with van der Waals surface area (Å²) in [6.45, 7) is 0.196. The number of carbonyl (C=O) groups is 2. The van der Waals surface area contributed by atoms with E-state index in [2.05, 4.69) is 14.7 Å². The molecule has 4 rings (SSSR count). The normalized spacial score (nSPS) is 11.1. The van der Waals surface area contributed by atoms with E-state index in [0.29, 0.717) is 28.0 Å². The van der Waals surface area contributed by atoms with Crippen LogP contribution in [0.1, 0.15) is 32.2 Å². The quantitative estimate of drug-likeness (QED) is 0.300. The smallest absolute Gasteiger partial charge is 0.387 e. The molecule has 0 N–H and O–H groups in total. The summed E-state index contributed by atoms with van der Waals surface area (Å²) in [6.07, 6.45) is 1.31. The number of halogens is 2. The Kier molecular flexibility index (Phi) is 6.12. The fourth-order valence-corrected chi connectivity index (χ4v) is 3.56. The molecule has 0 saturated heterocycles. The molecule has 9 heteroatoms. The van der Waals surface area contributed by atoms with Gasteiger partial charge >= 0.3 is 12.6 Å². The van der Waals surface area contributed by atoms with Crippen LogP contribution in [0.25, 0.3) is 16.7 Å². The molecule has 4 aromatic rings. The van der Waals surface area contributed by atoms with Crippen molar-refractivity contribution in [1.29, 1.82) is 0 Å². The predicted octanol–water partition coefficient (Wildman–Crippen LogP) is 4.68. The average Bonchev–Trinajstić information content (AvgIpc) is 3.11. The topological polar surface area (TPSA) is 83.3 Å². The van der Waals surface area contributed by atoms with E-state index in [-0.39, 0.29) is 17.2 Å². The SMILES string of the molecule is Cc1cc(C(=O)COC(=O)c2cnc3ccccc3n2)c(C)n1-c1ccc(OC(F)F)cc1. The Bertz CT molecular complexity index is 1330. The number of para-hydroxylation sites is 2. The van der Waals surface area contributed by atoms with Crippen LogP contribution in [0, 0.1) is 13.8 Å². The number of hydrogen-bond acceptors (Lipinski definition) is 6. The Morgan fingerprint density at radius 2 is 1.73 bits per heavy atom. The highest BCUT2D eigenvalue weighted by Gasteiger charge is 2.19. The standard InChI is InChI=1S/C24H19F2N3O4/c1-14-11-18(15(2)29(14)16-7-9-17(10-8-16)33-24(25)26)22(30)13-32-23(31)21-12-27-19-5-3-4-6-20(19)28-21/h3-12,24H,13H2,1-2H3. The van der Waals surface area contributed by atoms with E-state index < -0.39 is 19.2 Å². The highest BCUT2D eigenvalue weighted by Crippen LogP contribution is 2.24. The molecule has 2 heterocycles. The number of benzene rings is 2.